The van der Waals surface area contributed by atoms with Crippen molar-refractivity contribution < 1.29 is 19.4 Å². The summed E-state index contributed by atoms with van der Waals surface area (Å²) in [4.78, 5) is 27.5. The van der Waals surface area contributed by atoms with Gasteiger partial charge in [0, 0.05) is 31.4 Å². The van der Waals surface area contributed by atoms with Crippen LogP contribution in [0, 0.1) is 0 Å². The Labute approximate surface area is 155 Å². The Balaban J connectivity index is 2.19. The molecule has 6 nitrogen and oxygen atoms in total. The molecule has 0 radical (unpaired) electrons. The smallest absolute Gasteiger partial charge is 0.410 e. The minimum atomic E-state index is -0.940. The molecular weight excluding hydrogens is 332 g/mol. The van der Waals surface area contributed by atoms with Crippen molar-refractivity contribution in [1.82, 2.24) is 4.90 Å². The number of rotatable bonds is 3. The van der Waals surface area contributed by atoms with Crippen LogP contribution in [-0.4, -0.2) is 53.3 Å². The Bertz CT molecular complexity index is 706. The van der Waals surface area contributed by atoms with Crippen LogP contribution in [0.2, 0.25) is 0 Å². The first-order chi connectivity index (χ1) is 12.1. The summed E-state index contributed by atoms with van der Waals surface area (Å²) in [6.07, 6.45) is 3.51. The molecule has 1 saturated heterocycles. The van der Waals surface area contributed by atoms with Crippen LogP contribution in [-0.2, 0) is 4.74 Å². The zero-order chi connectivity index (χ0) is 19.5. The molecule has 1 heterocycles. The highest BCUT2D eigenvalue weighted by Gasteiger charge is 2.30. The number of hydrogen-bond acceptors (Lipinski definition) is 4. The van der Waals surface area contributed by atoms with Crippen LogP contribution in [0.1, 0.15) is 50.5 Å². The molecule has 1 fully saturated rings. The average Bonchev–Trinajstić information content (AvgIpc) is 2.53. The largest absolute Gasteiger partial charge is 0.478 e. The van der Waals surface area contributed by atoms with Crippen molar-refractivity contribution in [1.29, 1.82) is 0 Å². The van der Waals surface area contributed by atoms with Gasteiger partial charge in [-0.2, -0.15) is 0 Å². The molecule has 1 aliphatic heterocycles. The van der Waals surface area contributed by atoms with Crippen LogP contribution < -0.4 is 4.90 Å². The zero-order valence-electron chi connectivity index (χ0n) is 16.2. The van der Waals surface area contributed by atoms with Gasteiger partial charge in [0.1, 0.15) is 5.60 Å². The van der Waals surface area contributed by atoms with Gasteiger partial charge in [-0.05, 0) is 58.4 Å². The first-order valence-electron chi connectivity index (χ1n) is 8.87. The van der Waals surface area contributed by atoms with Crippen LogP contribution in [0.3, 0.4) is 0 Å². The fraction of sp³-hybridized carbons (Fsp3) is 0.500. The third-order valence-electron chi connectivity index (χ3n) is 4.21. The number of amides is 1. The number of nitrogens with zero attached hydrogens (tertiary/aromatic N) is 2. The second-order valence-electron chi connectivity index (χ2n) is 7.55. The Morgan fingerprint density at radius 3 is 2.50 bits per heavy atom. The first kappa shape index (κ1) is 19.8. The summed E-state index contributed by atoms with van der Waals surface area (Å²) in [7, 11) is 0. The van der Waals surface area contributed by atoms with E-state index in [9.17, 15) is 14.7 Å². The number of allylic oxidation sites excluding steroid dienone is 1. The molecule has 1 aromatic rings. The van der Waals surface area contributed by atoms with E-state index in [1.54, 1.807) is 17.0 Å². The standard InChI is InChI=1S/C20H28N2O4/c1-6-7-15-12-16(18(23)24)8-9-17(15)22-11-10-21(13-14(22)2)19(25)26-20(3,4)5/h6-9,12,14H,10-11,13H2,1-5H3,(H,23,24)/b7-6-/t14-/m1/s1. The van der Waals surface area contributed by atoms with Crippen molar-refractivity contribution in [3.8, 4) is 0 Å². The monoisotopic (exact) mass is 360 g/mol. The van der Waals surface area contributed by atoms with Crippen LogP contribution in [0.15, 0.2) is 24.3 Å². The van der Waals surface area contributed by atoms with Gasteiger partial charge >= 0.3 is 12.1 Å². The average molecular weight is 360 g/mol. The lowest BCUT2D eigenvalue weighted by atomic mass is 10.0. The number of carbonyl (C=O) groups is 2. The highest BCUT2D eigenvalue weighted by Crippen LogP contribution is 2.28. The number of aromatic carboxylic acids is 1. The van der Waals surface area contributed by atoms with E-state index < -0.39 is 11.6 Å². The van der Waals surface area contributed by atoms with Gasteiger partial charge in [0.05, 0.1) is 5.56 Å². The molecule has 2 rings (SSSR count). The minimum absolute atomic E-state index is 0.0935. The van der Waals surface area contributed by atoms with Crippen LogP contribution in [0.5, 0.6) is 0 Å². The third-order valence-corrected chi connectivity index (χ3v) is 4.21. The van der Waals surface area contributed by atoms with E-state index in [4.69, 9.17) is 4.74 Å². The maximum Gasteiger partial charge on any atom is 0.410 e. The maximum absolute atomic E-state index is 12.3. The van der Waals surface area contributed by atoms with Crippen molar-refractivity contribution in [3.63, 3.8) is 0 Å². The maximum atomic E-state index is 12.3. The summed E-state index contributed by atoms with van der Waals surface area (Å²) in [6, 6.07) is 5.25. The molecular formula is C20H28N2O4. The molecule has 26 heavy (non-hydrogen) atoms. The van der Waals surface area contributed by atoms with Gasteiger partial charge in [-0.25, -0.2) is 9.59 Å². The van der Waals surface area contributed by atoms with Crippen molar-refractivity contribution >= 4 is 23.8 Å². The summed E-state index contributed by atoms with van der Waals surface area (Å²) in [6.45, 7) is 11.3. The number of piperazine rings is 1. The van der Waals surface area contributed by atoms with Gasteiger partial charge in [0.15, 0.2) is 0 Å². The SMILES string of the molecule is C/C=C\c1cc(C(=O)O)ccc1N1CCN(C(=O)OC(C)(C)C)C[C@H]1C. The number of benzene rings is 1. The number of anilines is 1. The molecule has 0 aromatic heterocycles. The van der Waals surface area contributed by atoms with E-state index in [1.165, 1.54) is 0 Å². The lowest BCUT2D eigenvalue weighted by Crippen LogP contribution is -2.54. The van der Waals surface area contributed by atoms with Crippen LogP contribution in [0.4, 0.5) is 10.5 Å². The summed E-state index contributed by atoms with van der Waals surface area (Å²) < 4.78 is 5.46. The zero-order valence-corrected chi connectivity index (χ0v) is 16.2. The molecule has 1 N–H and O–H groups in total. The summed E-state index contributed by atoms with van der Waals surface area (Å²) in [5, 5.41) is 9.22. The fourth-order valence-electron chi connectivity index (χ4n) is 3.07. The van der Waals surface area contributed by atoms with E-state index >= 15 is 0 Å². The van der Waals surface area contributed by atoms with Gasteiger partial charge in [0.25, 0.3) is 0 Å². The molecule has 1 amide bonds. The van der Waals surface area contributed by atoms with E-state index in [2.05, 4.69) is 11.8 Å². The molecule has 0 unspecified atom stereocenters. The first-order valence-corrected chi connectivity index (χ1v) is 8.87. The van der Waals surface area contributed by atoms with Gasteiger partial charge in [0.2, 0.25) is 0 Å². The molecule has 142 valence electrons. The number of carboxylic acids is 1. The van der Waals surface area contributed by atoms with Crippen molar-refractivity contribution in [2.45, 2.75) is 46.3 Å². The Hall–Kier alpha value is -2.50. The normalized spacial score (nSPS) is 18.3. The Kier molecular flexibility index (Phi) is 5.95. The van der Waals surface area contributed by atoms with Crippen LogP contribution in [0.25, 0.3) is 6.08 Å². The van der Waals surface area contributed by atoms with Gasteiger partial charge < -0.3 is 19.6 Å². The predicted molar refractivity (Wildman–Crippen MR) is 103 cm³/mol. The Morgan fingerprint density at radius 2 is 1.96 bits per heavy atom. The van der Waals surface area contributed by atoms with Gasteiger partial charge in [-0.1, -0.05) is 12.2 Å². The molecule has 1 atom stereocenters. The number of ether oxygens (including phenoxy) is 1. The van der Waals surface area contributed by atoms with Gasteiger partial charge in [-0.3, -0.25) is 0 Å². The van der Waals surface area contributed by atoms with Crippen molar-refractivity contribution in [2.75, 3.05) is 24.5 Å². The summed E-state index contributed by atoms with van der Waals surface area (Å²) >= 11 is 0. The Morgan fingerprint density at radius 1 is 1.27 bits per heavy atom. The molecule has 0 saturated carbocycles. The van der Waals surface area contributed by atoms with E-state index in [-0.39, 0.29) is 17.7 Å². The fourth-order valence-corrected chi connectivity index (χ4v) is 3.07. The molecule has 1 aromatic carbocycles. The highest BCUT2D eigenvalue weighted by molar-refractivity contribution is 5.90. The topological polar surface area (TPSA) is 70.1 Å². The second-order valence-corrected chi connectivity index (χ2v) is 7.55. The van der Waals surface area contributed by atoms with Gasteiger partial charge in [-0.15, -0.1) is 0 Å². The van der Waals surface area contributed by atoms with Crippen molar-refractivity contribution in [2.24, 2.45) is 0 Å². The molecule has 6 heteroatoms. The number of carbonyl (C=O) groups excluding carboxylic acids is 1. The number of carboxylic acid groups (broad SMARTS) is 1. The lowest BCUT2D eigenvalue weighted by molar-refractivity contribution is 0.0218. The van der Waals surface area contributed by atoms with Crippen LogP contribution >= 0.6 is 0 Å². The second kappa shape index (κ2) is 7.81. The minimum Gasteiger partial charge on any atom is -0.478 e. The molecule has 1 aliphatic rings. The third kappa shape index (κ3) is 4.77. The summed E-state index contributed by atoms with van der Waals surface area (Å²) in [5.74, 6) is -0.940. The summed E-state index contributed by atoms with van der Waals surface area (Å²) in [5.41, 5.74) is 1.60. The van der Waals surface area contributed by atoms with E-state index in [0.717, 1.165) is 11.3 Å². The van der Waals surface area contributed by atoms with Crippen molar-refractivity contribution in [3.05, 3.63) is 35.4 Å². The van der Waals surface area contributed by atoms with E-state index in [0.29, 0.717) is 19.6 Å². The molecule has 0 aliphatic carbocycles. The molecule has 0 bridgehead atoms. The molecule has 0 spiro atoms. The lowest BCUT2D eigenvalue weighted by Gasteiger charge is -2.42. The highest BCUT2D eigenvalue weighted by atomic mass is 16.6. The number of hydrogen-bond donors (Lipinski definition) is 1. The van der Waals surface area contributed by atoms with E-state index in [1.807, 2.05) is 45.9 Å². The predicted octanol–water partition coefficient (Wildman–Crippen LogP) is 3.86. The quantitative estimate of drug-likeness (QED) is 0.886.